The van der Waals surface area contributed by atoms with Gasteiger partial charge in [0.2, 0.25) is 10.7 Å². The SMILES string of the molecule is CC(C)n1nc(Br)nc1NN. The molecule has 1 rings (SSSR count). The second-order valence-electron chi connectivity index (χ2n) is 2.39. The van der Waals surface area contributed by atoms with Crippen LogP contribution in [0.5, 0.6) is 0 Å². The van der Waals surface area contributed by atoms with Crippen LogP contribution in [0.2, 0.25) is 0 Å². The lowest BCUT2D eigenvalue weighted by Gasteiger charge is -2.06. The highest BCUT2D eigenvalue weighted by molar-refractivity contribution is 9.10. The Labute approximate surface area is 73.1 Å². The van der Waals surface area contributed by atoms with Gasteiger partial charge >= 0.3 is 0 Å². The van der Waals surface area contributed by atoms with Gasteiger partial charge in [0.15, 0.2) is 0 Å². The van der Waals surface area contributed by atoms with Crippen LogP contribution in [-0.4, -0.2) is 14.8 Å². The Kier molecular flexibility index (Phi) is 2.45. The summed E-state index contributed by atoms with van der Waals surface area (Å²) in [7, 11) is 0. The molecule has 11 heavy (non-hydrogen) atoms. The fourth-order valence-corrected chi connectivity index (χ4v) is 1.09. The van der Waals surface area contributed by atoms with Crippen molar-refractivity contribution < 1.29 is 0 Å². The minimum absolute atomic E-state index is 0.250. The molecule has 0 aromatic carbocycles. The van der Waals surface area contributed by atoms with Crippen LogP contribution in [0.1, 0.15) is 19.9 Å². The first-order valence-corrected chi connectivity index (χ1v) is 4.03. The number of rotatable bonds is 2. The zero-order valence-corrected chi connectivity index (χ0v) is 7.96. The van der Waals surface area contributed by atoms with Crippen molar-refractivity contribution in [3.63, 3.8) is 0 Å². The molecule has 0 unspecified atom stereocenters. The van der Waals surface area contributed by atoms with Crippen LogP contribution in [0.15, 0.2) is 4.73 Å². The lowest BCUT2D eigenvalue weighted by atomic mass is 10.4. The highest BCUT2D eigenvalue weighted by Crippen LogP contribution is 2.13. The van der Waals surface area contributed by atoms with Crippen LogP contribution < -0.4 is 11.3 Å². The number of nitrogens with two attached hydrogens (primary N) is 1. The van der Waals surface area contributed by atoms with E-state index < -0.39 is 0 Å². The molecule has 1 heterocycles. The van der Waals surface area contributed by atoms with Gasteiger partial charge in [-0.2, -0.15) is 4.98 Å². The third kappa shape index (κ3) is 1.69. The van der Waals surface area contributed by atoms with Crippen molar-refractivity contribution in [3.05, 3.63) is 4.73 Å². The van der Waals surface area contributed by atoms with Crippen LogP contribution in [0.4, 0.5) is 5.95 Å². The Hall–Kier alpha value is -0.620. The number of hydrogen-bond donors (Lipinski definition) is 2. The molecular weight excluding hydrogens is 210 g/mol. The smallest absolute Gasteiger partial charge is 0.236 e. The molecule has 6 heteroatoms. The minimum atomic E-state index is 0.250. The molecule has 62 valence electrons. The third-order valence-corrected chi connectivity index (χ3v) is 1.56. The normalized spacial score (nSPS) is 10.6. The molecule has 5 nitrogen and oxygen atoms in total. The van der Waals surface area contributed by atoms with Crippen LogP contribution in [0, 0.1) is 0 Å². The highest BCUT2D eigenvalue weighted by Gasteiger charge is 2.08. The number of nitrogens with one attached hydrogen (secondary N) is 1. The van der Waals surface area contributed by atoms with E-state index in [4.69, 9.17) is 5.84 Å². The van der Waals surface area contributed by atoms with Crippen molar-refractivity contribution in [1.29, 1.82) is 0 Å². The van der Waals surface area contributed by atoms with Gasteiger partial charge in [0, 0.05) is 0 Å². The van der Waals surface area contributed by atoms with E-state index >= 15 is 0 Å². The van der Waals surface area contributed by atoms with Crippen LogP contribution in [0.25, 0.3) is 0 Å². The Balaban J connectivity index is 3.02. The number of aromatic nitrogens is 3. The maximum Gasteiger partial charge on any atom is 0.236 e. The van der Waals surface area contributed by atoms with Crippen molar-refractivity contribution in [2.45, 2.75) is 19.9 Å². The molecule has 0 aliphatic heterocycles. The standard InChI is InChI=1S/C5H10BrN5/c1-3(2)11-5(9-7)8-4(6)10-11/h3H,7H2,1-2H3,(H,8,9,10). The second kappa shape index (κ2) is 3.19. The monoisotopic (exact) mass is 219 g/mol. The maximum absolute atomic E-state index is 5.21. The van der Waals surface area contributed by atoms with Gasteiger partial charge in [0.25, 0.3) is 0 Å². The largest absolute Gasteiger partial charge is 0.293 e. The molecule has 0 bridgehead atoms. The minimum Gasteiger partial charge on any atom is -0.293 e. The Morgan fingerprint density at radius 2 is 2.27 bits per heavy atom. The van der Waals surface area contributed by atoms with Crippen LogP contribution in [-0.2, 0) is 0 Å². The molecule has 0 aliphatic carbocycles. The van der Waals surface area contributed by atoms with Crippen LogP contribution >= 0.6 is 15.9 Å². The number of nitrogen functional groups attached to an aromatic ring is 1. The number of halogens is 1. The van der Waals surface area contributed by atoms with E-state index in [1.165, 1.54) is 0 Å². The molecule has 0 saturated carbocycles. The van der Waals surface area contributed by atoms with Gasteiger partial charge in [-0.1, -0.05) is 0 Å². The van der Waals surface area contributed by atoms with Crippen LogP contribution in [0.3, 0.4) is 0 Å². The Bertz CT molecular complexity index is 243. The van der Waals surface area contributed by atoms with Crippen molar-refractivity contribution in [2.75, 3.05) is 5.43 Å². The van der Waals surface area contributed by atoms with E-state index in [0.29, 0.717) is 10.7 Å². The van der Waals surface area contributed by atoms with Gasteiger partial charge in [0.1, 0.15) is 0 Å². The summed E-state index contributed by atoms with van der Waals surface area (Å²) in [5, 5.41) is 4.06. The molecule has 0 aliphatic rings. The summed E-state index contributed by atoms with van der Waals surface area (Å²) in [6.45, 7) is 4.00. The molecule has 1 aromatic heterocycles. The molecule has 0 fully saturated rings. The van der Waals surface area contributed by atoms with Gasteiger partial charge in [0.05, 0.1) is 6.04 Å². The summed E-state index contributed by atoms with van der Waals surface area (Å²) >= 11 is 3.15. The summed E-state index contributed by atoms with van der Waals surface area (Å²) in [6.07, 6.45) is 0. The average Bonchev–Trinajstić information content (AvgIpc) is 2.30. The average molecular weight is 220 g/mol. The first-order chi connectivity index (χ1) is 5.15. The van der Waals surface area contributed by atoms with Gasteiger partial charge in [-0.3, -0.25) is 5.43 Å². The van der Waals surface area contributed by atoms with E-state index in [1.807, 2.05) is 13.8 Å². The molecule has 0 saturated heterocycles. The fraction of sp³-hybridized carbons (Fsp3) is 0.600. The lowest BCUT2D eigenvalue weighted by molar-refractivity contribution is 0.535. The van der Waals surface area contributed by atoms with Crippen molar-refractivity contribution in [3.8, 4) is 0 Å². The predicted molar refractivity (Wildman–Crippen MR) is 45.9 cm³/mol. The first kappa shape index (κ1) is 8.48. The van der Waals surface area contributed by atoms with Crippen molar-refractivity contribution in [2.24, 2.45) is 5.84 Å². The van der Waals surface area contributed by atoms with E-state index in [1.54, 1.807) is 4.68 Å². The molecule has 3 N–H and O–H groups in total. The summed E-state index contributed by atoms with van der Waals surface area (Å²) in [5.74, 6) is 5.77. The quantitative estimate of drug-likeness (QED) is 0.574. The van der Waals surface area contributed by atoms with Gasteiger partial charge in [-0.05, 0) is 29.8 Å². The van der Waals surface area contributed by atoms with Crippen molar-refractivity contribution >= 4 is 21.9 Å². The lowest BCUT2D eigenvalue weighted by Crippen LogP contribution is -2.15. The third-order valence-electron chi connectivity index (χ3n) is 1.22. The van der Waals surface area contributed by atoms with E-state index in [9.17, 15) is 0 Å². The topological polar surface area (TPSA) is 68.8 Å². The molecule has 1 aromatic rings. The van der Waals surface area contributed by atoms with Gasteiger partial charge in [-0.25, -0.2) is 10.5 Å². The molecule has 0 spiro atoms. The zero-order chi connectivity index (χ0) is 8.43. The Morgan fingerprint density at radius 3 is 2.64 bits per heavy atom. The summed E-state index contributed by atoms with van der Waals surface area (Å²) in [6, 6.07) is 0.250. The summed E-state index contributed by atoms with van der Waals surface area (Å²) in [4.78, 5) is 3.98. The number of nitrogens with zero attached hydrogens (tertiary/aromatic N) is 3. The molecule has 0 atom stereocenters. The summed E-state index contributed by atoms with van der Waals surface area (Å²) < 4.78 is 2.24. The first-order valence-electron chi connectivity index (χ1n) is 3.23. The summed E-state index contributed by atoms with van der Waals surface area (Å²) in [5.41, 5.74) is 2.46. The molecular formula is C5H10BrN5. The van der Waals surface area contributed by atoms with Gasteiger partial charge < -0.3 is 0 Å². The van der Waals surface area contributed by atoms with E-state index in [0.717, 1.165) is 0 Å². The number of anilines is 1. The maximum atomic E-state index is 5.21. The van der Waals surface area contributed by atoms with Gasteiger partial charge in [-0.15, -0.1) is 5.10 Å². The Morgan fingerprint density at radius 1 is 1.64 bits per heavy atom. The molecule has 0 amide bonds. The zero-order valence-electron chi connectivity index (χ0n) is 6.37. The number of hydrogen-bond acceptors (Lipinski definition) is 4. The molecule has 0 radical (unpaired) electrons. The predicted octanol–water partition coefficient (Wildman–Crippen LogP) is 0.907. The van der Waals surface area contributed by atoms with E-state index in [-0.39, 0.29) is 6.04 Å². The van der Waals surface area contributed by atoms with Crippen molar-refractivity contribution in [1.82, 2.24) is 14.8 Å². The number of hydrazine groups is 1. The highest BCUT2D eigenvalue weighted by atomic mass is 79.9. The fourth-order valence-electron chi connectivity index (χ4n) is 0.756. The second-order valence-corrected chi connectivity index (χ2v) is 3.10. The van der Waals surface area contributed by atoms with E-state index in [2.05, 4.69) is 31.4 Å².